The SMILES string of the molecule is CC(Oc1cccc(Cl)c1Cl)C(=O)Nc1cc(C(C)(C)C)nn1C1CCS(=O)(=O)C1. The number of amides is 1. The van der Waals surface area contributed by atoms with Crippen molar-refractivity contribution in [3.8, 4) is 5.75 Å². The molecule has 0 saturated carbocycles. The number of halogens is 2. The molecular formula is C20H25Cl2N3O4S. The van der Waals surface area contributed by atoms with Crippen molar-refractivity contribution >= 4 is 44.8 Å². The largest absolute Gasteiger partial charge is 0.479 e. The molecule has 1 aliphatic rings. The monoisotopic (exact) mass is 473 g/mol. The highest BCUT2D eigenvalue weighted by Gasteiger charge is 2.33. The number of benzene rings is 1. The fraction of sp³-hybridized carbons (Fsp3) is 0.500. The molecule has 1 N–H and O–H groups in total. The molecule has 0 radical (unpaired) electrons. The zero-order valence-corrected chi connectivity index (χ0v) is 19.6. The van der Waals surface area contributed by atoms with Gasteiger partial charge in [0.15, 0.2) is 15.9 Å². The van der Waals surface area contributed by atoms with Crippen molar-refractivity contribution in [1.82, 2.24) is 9.78 Å². The molecule has 1 fully saturated rings. The summed E-state index contributed by atoms with van der Waals surface area (Å²) in [6, 6.07) is 6.40. The summed E-state index contributed by atoms with van der Waals surface area (Å²) in [7, 11) is -3.11. The molecule has 1 amide bonds. The lowest BCUT2D eigenvalue weighted by atomic mass is 9.92. The normalized spacial score (nSPS) is 19.5. The van der Waals surface area contributed by atoms with E-state index in [0.29, 0.717) is 23.0 Å². The molecule has 10 heteroatoms. The number of sulfone groups is 1. The Hall–Kier alpha value is -1.77. The molecule has 30 heavy (non-hydrogen) atoms. The minimum absolute atomic E-state index is 0.00527. The number of rotatable bonds is 5. The van der Waals surface area contributed by atoms with Crippen LogP contribution in [0.2, 0.25) is 10.0 Å². The topological polar surface area (TPSA) is 90.3 Å². The van der Waals surface area contributed by atoms with Gasteiger partial charge >= 0.3 is 0 Å². The molecule has 0 aliphatic carbocycles. The third-order valence-corrected chi connectivity index (χ3v) is 7.45. The Morgan fingerprint density at radius 1 is 1.33 bits per heavy atom. The Morgan fingerprint density at radius 3 is 2.63 bits per heavy atom. The molecule has 2 unspecified atom stereocenters. The van der Waals surface area contributed by atoms with Crippen molar-refractivity contribution in [1.29, 1.82) is 0 Å². The lowest BCUT2D eigenvalue weighted by molar-refractivity contribution is -0.122. The van der Waals surface area contributed by atoms with Crippen LogP contribution in [0.4, 0.5) is 5.82 Å². The highest BCUT2D eigenvalue weighted by Crippen LogP contribution is 2.33. The summed E-state index contributed by atoms with van der Waals surface area (Å²) in [5.74, 6) is 0.458. The first-order chi connectivity index (χ1) is 13.9. The standard InChI is InChI=1S/C20H25Cl2N3O4S/c1-12(29-15-7-5-6-14(21)18(15)22)19(26)23-17-10-16(20(2,3)4)24-25(17)13-8-9-30(27,28)11-13/h5-7,10,12-13H,8-9,11H2,1-4H3,(H,23,26). The first-order valence-electron chi connectivity index (χ1n) is 9.59. The van der Waals surface area contributed by atoms with Gasteiger partial charge in [0.1, 0.15) is 16.6 Å². The molecule has 164 valence electrons. The van der Waals surface area contributed by atoms with Gasteiger partial charge in [0.25, 0.3) is 5.91 Å². The number of carbonyl (C=O) groups excluding carboxylic acids is 1. The molecule has 2 atom stereocenters. The van der Waals surface area contributed by atoms with Crippen molar-refractivity contribution in [2.75, 3.05) is 16.8 Å². The summed E-state index contributed by atoms with van der Waals surface area (Å²) in [6.07, 6.45) is -0.407. The fourth-order valence-corrected chi connectivity index (χ4v) is 5.18. The van der Waals surface area contributed by atoms with Crippen LogP contribution in [0.3, 0.4) is 0 Å². The summed E-state index contributed by atoms with van der Waals surface area (Å²) >= 11 is 12.1. The number of aromatic nitrogens is 2. The van der Waals surface area contributed by atoms with Crippen LogP contribution in [0.1, 0.15) is 45.9 Å². The first kappa shape index (κ1) is 22.9. The van der Waals surface area contributed by atoms with Crippen LogP contribution in [-0.2, 0) is 20.0 Å². The van der Waals surface area contributed by atoms with Crippen LogP contribution < -0.4 is 10.1 Å². The third-order valence-electron chi connectivity index (χ3n) is 4.90. The van der Waals surface area contributed by atoms with Crippen LogP contribution in [0.25, 0.3) is 0 Å². The van der Waals surface area contributed by atoms with Gasteiger partial charge in [-0.3, -0.25) is 4.79 Å². The van der Waals surface area contributed by atoms with Gasteiger partial charge in [-0.15, -0.1) is 0 Å². The second-order valence-corrected chi connectivity index (χ2v) is 11.5. The molecular weight excluding hydrogens is 449 g/mol. The van der Waals surface area contributed by atoms with E-state index < -0.39 is 21.8 Å². The molecule has 3 rings (SSSR count). The van der Waals surface area contributed by atoms with Gasteiger partial charge in [0, 0.05) is 11.5 Å². The molecule has 7 nitrogen and oxygen atoms in total. The van der Waals surface area contributed by atoms with E-state index in [9.17, 15) is 13.2 Å². The van der Waals surface area contributed by atoms with Crippen LogP contribution in [0.15, 0.2) is 24.3 Å². The number of anilines is 1. The van der Waals surface area contributed by atoms with Gasteiger partial charge in [0.2, 0.25) is 0 Å². The van der Waals surface area contributed by atoms with Crippen molar-refractivity contribution in [3.63, 3.8) is 0 Å². The van der Waals surface area contributed by atoms with Crippen LogP contribution in [0.5, 0.6) is 5.75 Å². The first-order valence-corrected chi connectivity index (χ1v) is 12.2. The van der Waals surface area contributed by atoms with Gasteiger partial charge in [-0.2, -0.15) is 5.10 Å². The van der Waals surface area contributed by atoms with E-state index in [1.165, 1.54) is 0 Å². The van der Waals surface area contributed by atoms with E-state index in [-0.39, 0.29) is 28.0 Å². The lowest BCUT2D eigenvalue weighted by Crippen LogP contribution is -2.31. The summed E-state index contributed by atoms with van der Waals surface area (Å²) in [4.78, 5) is 12.8. The molecule has 1 aromatic heterocycles. The molecule has 0 bridgehead atoms. The Morgan fingerprint density at radius 2 is 2.03 bits per heavy atom. The lowest BCUT2D eigenvalue weighted by Gasteiger charge is -2.18. The van der Waals surface area contributed by atoms with E-state index in [1.54, 1.807) is 35.9 Å². The maximum atomic E-state index is 12.8. The van der Waals surface area contributed by atoms with Gasteiger partial charge in [-0.1, -0.05) is 50.0 Å². The Kier molecular flexibility index (Phi) is 6.41. The van der Waals surface area contributed by atoms with Crippen LogP contribution in [-0.4, -0.2) is 41.7 Å². The van der Waals surface area contributed by atoms with Crippen molar-refractivity contribution in [2.24, 2.45) is 0 Å². The Bertz CT molecular complexity index is 1060. The zero-order valence-electron chi connectivity index (χ0n) is 17.3. The van der Waals surface area contributed by atoms with Crippen LogP contribution in [0, 0.1) is 0 Å². The predicted molar refractivity (Wildman–Crippen MR) is 118 cm³/mol. The minimum Gasteiger partial charge on any atom is -0.479 e. The summed E-state index contributed by atoms with van der Waals surface area (Å²) in [6.45, 7) is 7.61. The molecule has 1 aromatic carbocycles. The maximum absolute atomic E-state index is 12.8. The van der Waals surface area contributed by atoms with E-state index in [2.05, 4.69) is 10.4 Å². The third kappa shape index (κ3) is 5.10. The van der Waals surface area contributed by atoms with E-state index >= 15 is 0 Å². The van der Waals surface area contributed by atoms with Gasteiger partial charge < -0.3 is 10.1 Å². The molecule has 2 heterocycles. The van der Waals surface area contributed by atoms with E-state index in [1.807, 2.05) is 20.8 Å². The maximum Gasteiger partial charge on any atom is 0.266 e. The van der Waals surface area contributed by atoms with Gasteiger partial charge in [0.05, 0.1) is 28.3 Å². The summed E-state index contributed by atoms with van der Waals surface area (Å²) in [5, 5.41) is 8.00. The average Bonchev–Trinajstić information content (AvgIpc) is 3.21. The molecule has 1 aliphatic heterocycles. The molecule has 2 aromatic rings. The summed E-state index contributed by atoms with van der Waals surface area (Å²) < 4.78 is 31.2. The average molecular weight is 474 g/mol. The molecule has 1 saturated heterocycles. The number of hydrogen-bond acceptors (Lipinski definition) is 5. The highest BCUT2D eigenvalue weighted by molar-refractivity contribution is 7.91. The quantitative estimate of drug-likeness (QED) is 0.700. The number of nitrogens with zero attached hydrogens (tertiary/aromatic N) is 2. The number of hydrogen-bond donors (Lipinski definition) is 1. The molecule has 0 spiro atoms. The van der Waals surface area contributed by atoms with E-state index in [4.69, 9.17) is 27.9 Å². The highest BCUT2D eigenvalue weighted by atomic mass is 35.5. The fourth-order valence-electron chi connectivity index (χ4n) is 3.15. The zero-order chi connectivity index (χ0) is 22.3. The van der Waals surface area contributed by atoms with Crippen molar-refractivity contribution in [2.45, 2.75) is 51.7 Å². The minimum atomic E-state index is -3.11. The Balaban J connectivity index is 1.83. The Labute approximate surface area is 186 Å². The number of ether oxygens (including phenoxy) is 1. The second-order valence-electron chi connectivity index (χ2n) is 8.47. The van der Waals surface area contributed by atoms with Gasteiger partial charge in [-0.05, 0) is 25.5 Å². The smallest absolute Gasteiger partial charge is 0.266 e. The predicted octanol–water partition coefficient (Wildman–Crippen LogP) is 4.25. The van der Waals surface area contributed by atoms with Crippen molar-refractivity contribution in [3.05, 3.63) is 40.0 Å². The number of nitrogens with one attached hydrogen (secondary N) is 1. The van der Waals surface area contributed by atoms with Gasteiger partial charge in [-0.25, -0.2) is 13.1 Å². The summed E-state index contributed by atoms with van der Waals surface area (Å²) in [5.41, 5.74) is 0.493. The second kappa shape index (κ2) is 8.40. The van der Waals surface area contributed by atoms with Crippen LogP contribution >= 0.6 is 23.2 Å². The van der Waals surface area contributed by atoms with Crippen molar-refractivity contribution < 1.29 is 17.9 Å². The van der Waals surface area contributed by atoms with E-state index in [0.717, 1.165) is 5.69 Å². The number of carbonyl (C=O) groups is 1.